The molecule has 5 heteroatoms. The van der Waals surface area contributed by atoms with Crippen LogP contribution in [0.2, 0.25) is 0 Å². The zero-order valence-corrected chi connectivity index (χ0v) is 17.0. The van der Waals surface area contributed by atoms with Crippen molar-refractivity contribution >= 4 is 32.4 Å². The van der Waals surface area contributed by atoms with Crippen LogP contribution in [0.3, 0.4) is 0 Å². The highest BCUT2D eigenvalue weighted by Gasteiger charge is 2.36. The largest absolute Gasteiger partial charge is 0.418 e. The minimum Gasteiger partial charge on any atom is -0.364 e. The molecule has 0 atom stereocenters. The van der Waals surface area contributed by atoms with Gasteiger partial charge in [-0.1, -0.05) is 51.4 Å². The molecule has 0 aromatic heterocycles. The van der Waals surface area contributed by atoms with Gasteiger partial charge in [0.25, 0.3) is 0 Å². The lowest BCUT2D eigenvalue weighted by Gasteiger charge is -2.27. The molecule has 0 saturated heterocycles. The van der Waals surface area contributed by atoms with Crippen molar-refractivity contribution in [3.63, 3.8) is 0 Å². The molecule has 0 aliphatic heterocycles. The van der Waals surface area contributed by atoms with Gasteiger partial charge in [0.2, 0.25) is 0 Å². The molecule has 2 rings (SSSR count). The summed E-state index contributed by atoms with van der Waals surface area (Å²) in [6, 6.07) is 8.23. The number of hydrogen-bond donors (Lipinski definition) is 0. The normalized spacial score (nSPS) is 11.4. The van der Waals surface area contributed by atoms with Gasteiger partial charge in [-0.3, -0.25) is 0 Å². The summed E-state index contributed by atoms with van der Waals surface area (Å²) in [6.45, 7) is 8.64. The molecule has 26 heavy (non-hydrogen) atoms. The second kappa shape index (κ2) is 8.30. The average Bonchev–Trinajstić information content (AvgIpc) is 2.52. The van der Waals surface area contributed by atoms with Crippen LogP contribution in [-0.4, -0.2) is 13.1 Å². The van der Waals surface area contributed by atoms with Crippen LogP contribution in [0.5, 0.6) is 0 Å². The number of hydrogen-bond acceptors (Lipinski definition) is 1. The van der Waals surface area contributed by atoms with Gasteiger partial charge in [0.15, 0.2) is 0 Å². The van der Waals surface area contributed by atoms with Gasteiger partial charge < -0.3 is 4.90 Å². The fourth-order valence-electron chi connectivity index (χ4n) is 2.71. The zero-order chi connectivity index (χ0) is 19.5. The van der Waals surface area contributed by atoms with Gasteiger partial charge in [0, 0.05) is 17.6 Å². The first-order chi connectivity index (χ1) is 12.1. The molecule has 0 saturated carbocycles. The number of rotatable bonds is 5. The number of allylic oxidation sites excluding steroid dienone is 2. The Hall–Kier alpha value is -1.75. The van der Waals surface area contributed by atoms with E-state index in [4.69, 9.17) is 0 Å². The molecule has 1 nitrogen and oxygen atoms in total. The van der Waals surface area contributed by atoms with Crippen molar-refractivity contribution in [3.8, 4) is 0 Å². The first-order valence-corrected chi connectivity index (χ1v) is 9.20. The summed E-state index contributed by atoms with van der Waals surface area (Å²) in [7, 11) is 0. The number of alkyl halides is 3. The highest BCUT2D eigenvalue weighted by atomic mass is 79.9. The molecule has 0 amide bonds. The van der Waals surface area contributed by atoms with E-state index < -0.39 is 11.7 Å². The third-order valence-corrected chi connectivity index (χ3v) is 4.52. The van der Waals surface area contributed by atoms with Gasteiger partial charge >= 0.3 is 6.18 Å². The Kier molecular flexibility index (Phi) is 6.56. The highest BCUT2D eigenvalue weighted by molar-refractivity contribution is 9.10. The Bertz CT molecular complexity index is 822. The number of anilines is 1. The van der Waals surface area contributed by atoms with Crippen molar-refractivity contribution in [2.75, 3.05) is 18.0 Å². The molecule has 0 radical (unpaired) electrons. The van der Waals surface area contributed by atoms with Crippen LogP contribution in [0.15, 0.2) is 58.1 Å². The number of benzene rings is 2. The lowest BCUT2D eigenvalue weighted by molar-refractivity contribution is -0.135. The first kappa shape index (κ1) is 20.6. The smallest absolute Gasteiger partial charge is 0.364 e. The summed E-state index contributed by atoms with van der Waals surface area (Å²) in [5.41, 5.74) is 1.78. The van der Waals surface area contributed by atoms with Gasteiger partial charge in [0.05, 0.1) is 11.3 Å². The van der Waals surface area contributed by atoms with Crippen LogP contribution in [0.4, 0.5) is 18.9 Å². The Morgan fingerprint density at radius 2 is 1.54 bits per heavy atom. The van der Waals surface area contributed by atoms with Gasteiger partial charge in [-0.25, -0.2) is 0 Å². The fourth-order valence-corrected chi connectivity index (χ4v) is 3.09. The molecular formula is C21H23BrF3N. The molecule has 0 N–H and O–H groups in total. The van der Waals surface area contributed by atoms with Crippen LogP contribution in [0, 0.1) is 0 Å². The summed E-state index contributed by atoms with van der Waals surface area (Å²) >= 11 is 3.33. The molecule has 0 fully saturated rings. The van der Waals surface area contributed by atoms with Crippen LogP contribution in [0.25, 0.3) is 10.8 Å². The van der Waals surface area contributed by atoms with E-state index in [1.54, 1.807) is 29.2 Å². The maximum absolute atomic E-state index is 14.0. The molecule has 2 aromatic carbocycles. The summed E-state index contributed by atoms with van der Waals surface area (Å²) in [5, 5.41) is 0.789. The van der Waals surface area contributed by atoms with Crippen molar-refractivity contribution in [2.45, 2.75) is 33.9 Å². The standard InChI is InChI=1S/C21H23BrF3N/c1-14(2)9-11-26(12-10-15(3)4)19-8-5-16-13-17(22)6-7-18(16)20(19)21(23,24)25/h5-10,13H,11-12H2,1-4H3. The second-order valence-electron chi connectivity index (χ2n) is 6.79. The lowest BCUT2D eigenvalue weighted by atomic mass is 10.0. The van der Waals surface area contributed by atoms with E-state index in [9.17, 15) is 13.2 Å². The van der Waals surface area contributed by atoms with Crippen molar-refractivity contribution in [2.24, 2.45) is 0 Å². The molecule has 0 heterocycles. The number of halogens is 4. The second-order valence-corrected chi connectivity index (χ2v) is 7.71. The van der Waals surface area contributed by atoms with Crippen LogP contribution >= 0.6 is 15.9 Å². The van der Waals surface area contributed by atoms with Gasteiger partial charge in [0.1, 0.15) is 0 Å². The quantitative estimate of drug-likeness (QED) is 0.452. The van der Waals surface area contributed by atoms with Crippen LogP contribution in [-0.2, 0) is 6.18 Å². The maximum atomic E-state index is 14.0. The van der Waals surface area contributed by atoms with E-state index >= 15 is 0 Å². The topological polar surface area (TPSA) is 3.24 Å². The molecule has 0 aliphatic rings. The summed E-state index contributed by atoms with van der Waals surface area (Å²) in [4.78, 5) is 1.77. The summed E-state index contributed by atoms with van der Waals surface area (Å²) < 4.78 is 42.7. The maximum Gasteiger partial charge on any atom is 0.418 e. The Morgan fingerprint density at radius 1 is 0.962 bits per heavy atom. The minimum absolute atomic E-state index is 0.210. The zero-order valence-electron chi connectivity index (χ0n) is 15.4. The molecule has 2 aromatic rings. The average molecular weight is 426 g/mol. The predicted octanol–water partition coefficient (Wildman–Crippen LogP) is 7.36. The van der Waals surface area contributed by atoms with Crippen molar-refractivity contribution in [1.29, 1.82) is 0 Å². The number of nitrogens with zero attached hydrogens (tertiary/aromatic N) is 1. The SMILES string of the molecule is CC(C)=CCN(CC=C(C)C)c1ccc2cc(Br)ccc2c1C(F)(F)F. The fraction of sp³-hybridized carbons (Fsp3) is 0.333. The van der Waals surface area contributed by atoms with Crippen LogP contribution in [0.1, 0.15) is 33.3 Å². The Labute approximate surface area is 161 Å². The molecule has 0 unspecified atom stereocenters. The monoisotopic (exact) mass is 425 g/mol. The predicted molar refractivity (Wildman–Crippen MR) is 108 cm³/mol. The van der Waals surface area contributed by atoms with E-state index in [1.165, 1.54) is 6.07 Å². The minimum atomic E-state index is -4.43. The van der Waals surface area contributed by atoms with Crippen molar-refractivity contribution in [1.82, 2.24) is 0 Å². The highest BCUT2D eigenvalue weighted by Crippen LogP contribution is 2.42. The lowest BCUT2D eigenvalue weighted by Crippen LogP contribution is -2.27. The first-order valence-electron chi connectivity index (χ1n) is 8.40. The summed E-state index contributed by atoms with van der Waals surface area (Å²) in [6.07, 6.45) is -0.535. The summed E-state index contributed by atoms with van der Waals surface area (Å²) in [5.74, 6) is 0. The van der Waals surface area contributed by atoms with Crippen molar-refractivity contribution in [3.05, 3.63) is 63.7 Å². The molecule has 0 aliphatic carbocycles. The van der Waals surface area contributed by atoms with Gasteiger partial charge in [-0.15, -0.1) is 0 Å². The number of fused-ring (bicyclic) bond motifs is 1. The molecule has 0 bridgehead atoms. The van der Waals surface area contributed by atoms with E-state index in [0.717, 1.165) is 15.6 Å². The van der Waals surface area contributed by atoms with Crippen molar-refractivity contribution < 1.29 is 13.2 Å². The Morgan fingerprint density at radius 3 is 2.04 bits per heavy atom. The van der Waals surface area contributed by atoms with Crippen LogP contribution < -0.4 is 4.90 Å². The molecule has 0 spiro atoms. The third-order valence-electron chi connectivity index (χ3n) is 4.02. The van der Waals surface area contributed by atoms with E-state index in [-0.39, 0.29) is 11.1 Å². The third kappa shape index (κ3) is 5.13. The van der Waals surface area contributed by atoms with Gasteiger partial charge in [-0.05, 0) is 56.7 Å². The van der Waals surface area contributed by atoms with E-state index in [0.29, 0.717) is 18.5 Å². The van der Waals surface area contributed by atoms with Gasteiger partial charge in [-0.2, -0.15) is 13.2 Å². The Balaban J connectivity index is 2.68. The molecule has 140 valence electrons. The van der Waals surface area contributed by atoms with E-state index in [2.05, 4.69) is 15.9 Å². The van der Waals surface area contributed by atoms with E-state index in [1.807, 2.05) is 39.8 Å². The molecular weight excluding hydrogens is 403 g/mol.